The van der Waals surface area contributed by atoms with Gasteiger partial charge in [-0.2, -0.15) is 0 Å². The summed E-state index contributed by atoms with van der Waals surface area (Å²) in [5.41, 5.74) is -0.229. The molecule has 5 heteroatoms. The summed E-state index contributed by atoms with van der Waals surface area (Å²) in [6.07, 6.45) is 4.31. The van der Waals surface area contributed by atoms with E-state index in [2.05, 4.69) is 22.5 Å². The molecule has 2 bridgehead atoms. The van der Waals surface area contributed by atoms with E-state index >= 15 is 0 Å². The molecule has 2 rings (SSSR count). The molecule has 0 saturated carbocycles. The summed E-state index contributed by atoms with van der Waals surface area (Å²) in [5.74, 6) is 0.869. The van der Waals surface area contributed by atoms with Gasteiger partial charge in [0.1, 0.15) is 0 Å². The van der Waals surface area contributed by atoms with Gasteiger partial charge in [0.25, 0.3) is 0 Å². The van der Waals surface area contributed by atoms with Gasteiger partial charge in [0.15, 0.2) is 5.96 Å². The second-order valence-corrected chi connectivity index (χ2v) is 6.02. The lowest BCUT2D eigenvalue weighted by Gasteiger charge is -2.24. The third kappa shape index (κ3) is 3.83. The standard InChI is InChI=1S/C14H27N3O2/c1-5-15-13(16-9-14(2,3)18-4)17-11-8-10-6-7-12(11)19-10/h10-12H,5-9H2,1-4H3,(H2,15,16,17). The first-order chi connectivity index (χ1) is 9.04. The zero-order valence-electron chi connectivity index (χ0n) is 12.5. The second kappa shape index (κ2) is 6.09. The highest BCUT2D eigenvalue weighted by molar-refractivity contribution is 5.80. The van der Waals surface area contributed by atoms with Gasteiger partial charge in [-0.05, 0) is 40.0 Å². The third-order valence-electron chi connectivity index (χ3n) is 3.94. The zero-order valence-corrected chi connectivity index (χ0v) is 12.5. The van der Waals surface area contributed by atoms with E-state index in [1.165, 1.54) is 12.8 Å². The molecule has 3 atom stereocenters. The number of methoxy groups -OCH3 is 1. The minimum Gasteiger partial charge on any atom is -0.377 e. The van der Waals surface area contributed by atoms with Crippen LogP contribution in [0.15, 0.2) is 4.99 Å². The van der Waals surface area contributed by atoms with Crippen LogP contribution in [0.4, 0.5) is 0 Å². The van der Waals surface area contributed by atoms with Crippen molar-refractivity contribution in [1.82, 2.24) is 10.6 Å². The van der Waals surface area contributed by atoms with Crippen molar-refractivity contribution in [2.24, 2.45) is 4.99 Å². The molecular formula is C14H27N3O2. The molecule has 5 nitrogen and oxygen atoms in total. The van der Waals surface area contributed by atoms with Gasteiger partial charge >= 0.3 is 0 Å². The Morgan fingerprint density at radius 2 is 2.21 bits per heavy atom. The van der Waals surface area contributed by atoms with E-state index in [0.29, 0.717) is 24.8 Å². The van der Waals surface area contributed by atoms with Crippen LogP contribution in [0.3, 0.4) is 0 Å². The number of nitrogens with zero attached hydrogens (tertiary/aromatic N) is 1. The maximum Gasteiger partial charge on any atom is 0.191 e. The third-order valence-corrected chi connectivity index (χ3v) is 3.94. The number of fused-ring (bicyclic) bond motifs is 2. The van der Waals surface area contributed by atoms with Crippen LogP contribution in [-0.4, -0.2) is 50.0 Å². The van der Waals surface area contributed by atoms with Gasteiger partial charge in [-0.15, -0.1) is 0 Å². The Balaban J connectivity index is 1.90. The summed E-state index contributed by atoms with van der Waals surface area (Å²) in [6.45, 7) is 7.67. The fourth-order valence-electron chi connectivity index (χ4n) is 2.62. The predicted octanol–water partition coefficient (Wildman–Crippen LogP) is 1.29. The van der Waals surface area contributed by atoms with Gasteiger partial charge in [-0.3, -0.25) is 4.99 Å². The van der Waals surface area contributed by atoms with Crippen molar-refractivity contribution in [3.8, 4) is 0 Å². The molecule has 0 amide bonds. The van der Waals surface area contributed by atoms with E-state index < -0.39 is 0 Å². The normalized spacial score (nSPS) is 30.7. The van der Waals surface area contributed by atoms with Crippen LogP contribution in [0.25, 0.3) is 0 Å². The molecule has 19 heavy (non-hydrogen) atoms. The smallest absolute Gasteiger partial charge is 0.191 e. The van der Waals surface area contributed by atoms with Gasteiger partial charge in [-0.25, -0.2) is 0 Å². The fourth-order valence-corrected chi connectivity index (χ4v) is 2.62. The minimum absolute atomic E-state index is 0.229. The average molecular weight is 269 g/mol. The van der Waals surface area contributed by atoms with E-state index in [1.54, 1.807) is 7.11 Å². The number of rotatable bonds is 5. The monoisotopic (exact) mass is 269 g/mol. The number of nitrogens with one attached hydrogen (secondary N) is 2. The summed E-state index contributed by atoms with van der Waals surface area (Å²) < 4.78 is 11.3. The van der Waals surface area contributed by atoms with E-state index in [1.807, 2.05) is 13.8 Å². The van der Waals surface area contributed by atoms with Gasteiger partial charge < -0.3 is 20.1 Å². The van der Waals surface area contributed by atoms with Crippen molar-refractivity contribution in [1.29, 1.82) is 0 Å². The molecule has 0 aromatic carbocycles. The first-order valence-corrected chi connectivity index (χ1v) is 7.29. The molecule has 2 aliphatic rings. The van der Waals surface area contributed by atoms with Crippen LogP contribution in [0.5, 0.6) is 0 Å². The molecule has 2 saturated heterocycles. The van der Waals surface area contributed by atoms with Gasteiger partial charge in [0.2, 0.25) is 0 Å². The first kappa shape index (κ1) is 14.6. The summed E-state index contributed by atoms with van der Waals surface area (Å²) >= 11 is 0. The van der Waals surface area contributed by atoms with Gasteiger partial charge in [-0.1, -0.05) is 0 Å². The van der Waals surface area contributed by atoms with E-state index in [9.17, 15) is 0 Å². The number of aliphatic imine (C=N–C) groups is 1. The van der Waals surface area contributed by atoms with Crippen LogP contribution in [0.2, 0.25) is 0 Å². The van der Waals surface area contributed by atoms with Crippen molar-refractivity contribution in [3.05, 3.63) is 0 Å². The van der Waals surface area contributed by atoms with Crippen molar-refractivity contribution in [2.75, 3.05) is 20.2 Å². The first-order valence-electron chi connectivity index (χ1n) is 7.29. The molecule has 0 aliphatic carbocycles. The summed E-state index contributed by atoms with van der Waals surface area (Å²) in [4.78, 5) is 4.62. The average Bonchev–Trinajstić information content (AvgIpc) is 2.98. The molecule has 0 aromatic heterocycles. The lowest BCUT2D eigenvalue weighted by molar-refractivity contribution is 0.0310. The second-order valence-electron chi connectivity index (χ2n) is 6.02. The molecule has 2 N–H and O–H groups in total. The Bertz CT molecular complexity index is 331. The largest absolute Gasteiger partial charge is 0.377 e. The zero-order chi connectivity index (χ0) is 13.9. The molecule has 110 valence electrons. The molecule has 0 aromatic rings. The molecule has 0 radical (unpaired) electrons. The van der Waals surface area contributed by atoms with E-state index in [-0.39, 0.29) is 5.60 Å². The van der Waals surface area contributed by atoms with Crippen LogP contribution in [0.1, 0.15) is 40.0 Å². The lowest BCUT2D eigenvalue weighted by Crippen LogP contribution is -2.48. The predicted molar refractivity (Wildman–Crippen MR) is 76.5 cm³/mol. The molecule has 2 fully saturated rings. The SMILES string of the molecule is CCNC(=NCC(C)(C)OC)NC1CC2CCC1O2. The van der Waals surface area contributed by atoms with Crippen molar-refractivity contribution >= 4 is 5.96 Å². The molecule has 3 unspecified atom stereocenters. The Labute approximate surface area is 116 Å². The summed E-state index contributed by atoms with van der Waals surface area (Å²) in [5, 5.41) is 6.80. The molecule has 0 spiro atoms. The number of ether oxygens (including phenoxy) is 2. The number of guanidine groups is 1. The Hall–Kier alpha value is -0.810. The highest BCUT2D eigenvalue weighted by Crippen LogP contribution is 2.34. The quantitative estimate of drug-likeness (QED) is 0.583. The van der Waals surface area contributed by atoms with Crippen molar-refractivity contribution in [2.45, 2.75) is 63.9 Å². The lowest BCUT2D eigenvalue weighted by atomic mass is 9.96. The molecule has 2 aliphatic heterocycles. The Kier molecular flexibility index (Phi) is 4.68. The van der Waals surface area contributed by atoms with Crippen molar-refractivity contribution in [3.63, 3.8) is 0 Å². The van der Waals surface area contributed by atoms with E-state index in [4.69, 9.17) is 9.47 Å². The maximum absolute atomic E-state index is 5.86. The summed E-state index contributed by atoms with van der Waals surface area (Å²) in [6, 6.07) is 0.405. The van der Waals surface area contributed by atoms with E-state index in [0.717, 1.165) is 18.9 Å². The maximum atomic E-state index is 5.86. The van der Waals surface area contributed by atoms with Gasteiger partial charge in [0, 0.05) is 13.7 Å². The Morgan fingerprint density at radius 1 is 1.42 bits per heavy atom. The van der Waals surface area contributed by atoms with Crippen LogP contribution in [-0.2, 0) is 9.47 Å². The van der Waals surface area contributed by atoms with Crippen molar-refractivity contribution < 1.29 is 9.47 Å². The highest BCUT2D eigenvalue weighted by atomic mass is 16.5. The Morgan fingerprint density at radius 3 is 2.74 bits per heavy atom. The van der Waals surface area contributed by atoms with Crippen LogP contribution >= 0.6 is 0 Å². The fraction of sp³-hybridized carbons (Fsp3) is 0.929. The molecular weight excluding hydrogens is 242 g/mol. The summed E-state index contributed by atoms with van der Waals surface area (Å²) in [7, 11) is 1.72. The van der Waals surface area contributed by atoms with Crippen LogP contribution < -0.4 is 10.6 Å². The minimum atomic E-state index is -0.229. The molecule has 2 heterocycles. The van der Waals surface area contributed by atoms with Gasteiger partial charge in [0.05, 0.1) is 30.4 Å². The number of hydrogen-bond acceptors (Lipinski definition) is 3. The number of hydrogen-bond donors (Lipinski definition) is 2. The van der Waals surface area contributed by atoms with Crippen LogP contribution in [0, 0.1) is 0 Å². The topological polar surface area (TPSA) is 54.9 Å². The highest BCUT2D eigenvalue weighted by Gasteiger charge is 2.41.